The van der Waals surface area contributed by atoms with Crippen molar-refractivity contribution in [2.45, 2.75) is 13.2 Å². The van der Waals surface area contributed by atoms with Crippen molar-refractivity contribution in [1.82, 2.24) is 15.2 Å². The summed E-state index contributed by atoms with van der Waals surface area (Å²) in [5.41, 5.74) is 1.19. The molecule has 1 aromatic carbocycles. The van der Waals surface area contributed by atoms with Crippen LogP contribution in [0.1, 0.15) is 5.56 Å². The van der Waals surface area contributed by atoms with Gasteiger partial charge in [-0.15, -0.1) is 0 Å². The second-order valence-corrected chi connectivity index (χ2v) is 4.88. The van der Waals surface area contributed by atoms with E-state index in [0.29, 0.717) is 13.2 Å². The van der Waals surface area contributed by atoms with Crippen molar-refractivity contribution in [2.24, 2.45) is 4.99 Å². The normalized spacial score (nSPS) is 11.4. The number of ether oxygens (including phenoxy) is 1. The van der Waals surface area contributed by atoms with Crippen LogP contribution in [0.4, 0.5) is 0 Å². The number of nitrogens with zero attached hydrogens (tertiary/aromatic N) is 2. The van der Waals surface area contributed by atoms with Gasteiger partial charge in [0.2, 0.25) is 0 Å². The van der Waals surface area contributed by atoms with Crippen molar-refractivity contribution in [3.63, 3.8) is 0 Å². The number of guanidine groups is 1. The lowest BCUT2D eigenvalue weighted by Gasteiger charge is -2.12. The van der Waals surface area contributed by atoms with Crippen molar-refractivity contribution in [3.8, 4) is 0 Å². The molecule has 22 heavy (non-hydrogen) atoms. The molecule has 0 fully saturated rings. The third kappa shape index (κ3) is 6.01. The Kier molecular flexibility index (Phi) is 7.05. The summed E-state index contributed by atoms with van der Waals surface area (Å²) in [4.78, 5) is 4.19. The summed E-state index contributed by atoms with van der Waals surface area (Å²) in [6, 6.07) is 14.2. The Hall–Kier alpha value is -2.27. The fraction of sp³-hybridized carbons (Fsp3) is 0.353. The zero-order chi connectivity index (χ0) is 15.5. The molecule has 0 aliphatic carbocycles. The Morgan fingerprint density at radius 2 is 1.77 bits per heavy atom. The van der Waals surface area contributed by atoms with Crippen LogP contribution in [-0.4, -0.2) is 37.3 Å². The van der Waals surface area contributed by atoms with Gasteiger partial charge in [-0.25, -0.2) is 0 Å². The molecular weight excluding hydrogens is 276 g/mol. The lowest BCUT2D eigenvalue weighted by Crippen LogP contribution is -2.40. The fourth-order valence-corrected chi connectivity index (χ4v) is 2.05. The van der Waals surface area contributed by atoms with Crippen LogP contribution in [-0.2, 0) is 17.9 Å². The minimum Gasteiger partial charge on any atom is -0.375 e. The number of nitrogens with one attached hydrogen (secondary N) is 2. The molecule has 0 amide bonds. The minimum atomic E-state index is 0.641. The molecule has 5 heteroatoms. The first-order chi connectivity index (χ1) is 10.9. The zero-order valence-corrected chi connectivity index (χ0v) is 13.0. The van der Waals surface area contributed by atoms with E-state index in [9.17, 15) is 0 Å². The van der Waals surface area contributed by atoms with Gasteiger partial charge in [-0.3, -0.25) is 4.99 Å². The predicted octanol–water partition coefficient (Wildman–Crippen LogP) is 1.87. The average Bonchev–Trinajstić information content (AvgIpc) is 3.07. The van der Waals surface area contributed by atoms with Crippen molar-refractivity contribution in [2.75, 3.05) is 26.7 Å². The van der Waals surface area contributed by atoms with Crippen LogP contribution in [0.5, 0.6) is 0 Å². The minimum absolute atomic E-state index is 0.641. The first kappa shape index (κ1) is 16.1. The molecule has 5 nitrogen and oxygen atoms in total. The molecule has 0 spiro atoms. The smallest absolute Gasteiger partial charge is 0.191 e. The SMILES string of the molecule is CN=C(NCCOCc1ccccc1)NCCn1cccc1. The van der Waals surface area contributed by atoms with Gasteiger partial charge < -0.3 is 19.9 Å². The molecule has 0 unspecified atom stereocenters. The Labute approximate surface area is 132 Å². The van der Waals surface area contributed by atoms with Crippen LogP contribution in [0.25, 0.3) is 0 Å². The Bertz CT molecular complexity index is 537. The van der Waals surface area contributed by atoms with Crippen LogP contribution in [0.2, 0.25) is 0 Å². The Balaban J connectivity index is 1.54. The maximum absolute atomic E-state index is 5.63. The number of benzene rings is 1. The van der Waals surface area contributed by atoms with E-state index in [1.807, 2.05) is 30.3 Å². The summed E-state index contributed by atoms with van der Waals surface area (Å²) in [5, 5.41) is 6.52. The second-order valence-electron chi connectivity index (χ2n) is 4.88. The van der Waals surface area contributed by atoms with E-state index >= 15 is 0 Å². The van der Waals surface area contributed by atoms with E-state index in [1.165, 1.54) is 5.56 Å². The lowest BCUT2D eigenvalue weighted by atomic mass is 10.2. The highest BCUT2D eigenvalue weighted by Crippen LogP contribution is 1.99. The van der Waals surface area contributed by atoms with E-state index in [2.05, 4.69) is 44.7 Å². The van der Waals surface area contributed by atoms with Crippen LogP contribution in [0.3, 0.4) is 0 Å². The van der Waals surface area contributed by atoms with Gasteiger partial charge in [0, 0.05) is 39.1 Å². The fourth-order valence-electron chi connectivity index (χ4n) is 2.05. The average molecular weight is 300 g/mol. The summed E-state index contributed by atoms with van der Waals surface area (Å²) in [7, 11) is 1.77. The van der Waals surface area contributed by atoms with E-state index in [4.69, 9.17) is 4.74 Å². The number of hydrogen-bond donors (Lipinski definition) is 2. The van der Waals surface area contributed by atoms with E-state index in [1.54, 1.807) is 7.05 Å². The molecule has 0 saturated carbocycles. The quantitative estimate of drug-likeness (QED) is 0.444. The summed E-state index contributed by atoms with van der Waals surface area (Å²) in [6.07, 6.45) is 4.10. The third-order valence-electron chi connectivity index (χ3n) is 3.20. The Morgan fingerprint density at radius 1 is 1.05 bits per heavy atom. The summed E-state index contributed by atoms with van der Waals surface area (Å²) in [6.45, 7) is 3.77. The number of rotatable bonds is 8. The molecule has 0 bridgehead atoms. The molecule has 1 aromatic heterocycles. The maximum Gasteiger partial charge on any atom is 0.191 e. The molecule has 2 rings (SSSR count). The molecule has 0 aliphatic rings. The Morgan fingerprint density at radius 3 is 2.50 bits per heavy atom. The summed E-state index contributed by atoms with van der Waals surface area (Å²) in [5.74, 6) is 0.801. The third-order valence-corrected chi connectivity index (χ3v) is 3.20. The number of aromatic nitrogens is 1. The highest BCUT2D eigenvalue weighted by Gasteiger charge is 1.97. The van der Waals surface area contributed by atoms with Gasteiger partial charge in [0.15, 0.2) is 5.96 Å². The van der Waals surface area contributed by atoms with Crippen molar-refractivity contribution in [1.29, 1.82) is 0 Å². The van der Waals surface area contributed by atoms with Gasteiger partial charge >= 0.3 is 0 Å². The first-order valence-electron chi connectivity index (χ1n) is 7.55. The van der Waals surface area contributed by atoms with E-state index in [0.717, 1.165) is 25.6 Å². The zero-order valence-electron chi connectivity index (χ0n) is 13.0. The molecular formula is C17H24N4O. The number of hydrogen-bond acceptors (Lipinski definition) is 2. The molecule has 118 valence electrons. The van der Waals surface area contributed by atoms with Crippen LogP contribution >= 0.6 is 0 Å². The van der Waals surface area contributed by atoms with Crippen molar-refractivity contribution >= 4 is 5.96 Å². The molecule has 2 aromatic rings. The van der Waals surface area contributed by atoms with Gasteiger partial charge in [0.25, 0.3) is 0 Å². The molecule has 0 radical (unpaired) electrons. The molecule has 0 aliphatic heterocycles. The highest BCUT2D eigenvalue weighted by atomic mass is 16.5. The van der Waals surface area contributed by atoms with Crippen LogP contribution in [0, 0.1) is 0 Å². The van der Waals surface area contributed by atoms with Gasteiger partial charge in [-0.2, -0.15) is 0 Å². The van der Waals surface area contributed by atoms with Gasteiger partial charge in [-0.1, -0.05) is 30.3 Å². The van der Waals surface area contributed by atoms with E-state index in [-0.39, 0.29) is 0 Å². The van der Waals surface area contributed by atoms with Crippen LogP contribution < -0.4 is 10.6 Å². The van der Waals surface area contributed by atoms with Gasteiger partial charge in [0.1, 0.15) is 0 Å². The second kappa shape index (κ2) is 9.63. The molecule has 2 N–H and O–H groups in total. The summed E-state index contributed by atoms with van der Waals surface area (Å²) < 4.78 is 7.76. The largest absolute Gasteiger partial charge is 0.375 e. The highest BCUT2D eigenvalue weighted by molar-refractivity contribution is 5.79. The lowest BCUT2D eigenvalue weighted by molar-refractivity contribution is 0.125. The first-order valence-corrected chi connectivity index (χ1v) is 7.55. The summed E-state index contributed by atoms with van der Waals surface area (Å²) >= 11 is 0. The predicted molar refractivity (Wildman–Crippen MR) is 89.9 cm³/mol. The molecule has 0 atom stereocenters. The van der Waals surface area contributed by atoms with Gasteiger partial charge in [-0.05, 0) is 17.7 Å². The topological polar surface area (TPSA) is 50.6 Å². The van der Waals surface area contributed by atoms with Gasteiger partial charge in [0.05, 0.1) is 13.2 Å². The molecule has 0 saturated heterocycles. The standard InChI is InChI=1S/C17H24N4O/c1-18-17(19-9-13-21-11-5-6-12-21)20-10-14-22-15-16-7-3-2-4-8-16/h2-8,11-12H,9-10,13-15H2,1H3,(H2,18,19,20). The van der Waals surface area contributed by atoms with Crippen molar-refractivity contribution in [3.05, 3.63) is 60.4 Å². The maximum atomic E-state index is 5.63. The van der Waals surface area contributed by atoms with E-state index < -0.39 is 0 Å². The van der Waals surface area contributed by atoms with Crippen LogP contribution in [0.15, 0.2) is 59.9 Å². The van der Waals surface area contributed by atoms with Crippen molar-refractivity contribution < 1.29 is 4.74 Å². The monoisotopic (exact) mass is 300 g/mol. The number of aliphatic imine (C=N–C) groups is 1. The molecule has 1 heterocycles.